The fourth-order valence-electron chi connectivity index (χ4n) is 2.95. The van der Waals surface area contributed by atoms with E-state index in [9.17, 15) is 14.7 Å². The zero-order valence-corrected chi connectivity index (χ0v) is 13.9. The molecule has 1 aliphatic carbocycles. The Balaban J connectivity index is 2.13. The molecule has 0 spiro atoms. The second-order valence-corrected chi connectivity index (χ2v) is 6.27. The Morgan fingerprint density at radius 2 is 1.91 bits per heavy atom. The highest BCUT2D eigenvalue weighted by Gasteiger charge is 2.27. The van der Waals surface area contributed by atoms with Gasteiger partial charge in [-0.1, -0.05) is 43.4 Å². The predicted molar refractivity (Wildman–Crippen MR) is 87.7 cm³/mol. The standard InChI is InChI=1S/C17H22ClNO4/c1-23-14-9-8-12(10-13(14)18)15(17(21)22)19-16(20)11-6-4-2-3-5-7-11/h8-11,15H,2-7H2,1H3,(H,19,20)(H,21,22). The minimum atomic E-state index is -1.10. The van der Waals surface area contributed by atoms with Crippen molar-refractivity contribution in [1.82, 2.24) is 5.32 Å². The number of rotatable bonds is 5. The summed E-state index contributed by atoms with van der Waals surface area (Å²) >= 11 is 6.05. The average molecular weight is 340 g/mol. The highest BCUT2D eigenvalue weighted by atomic mass is 35.5. The third-order valence-corrected chi connectivity index (χ3v) is 4.56. The maximum Gasteiger partial charge on any atom is 0.330 e. The Morgan fingerprint density at radius 3 is 2.43 bits per heavy atom. The lowest BCUT2D eigenvalue weighted by molar-refractivity contribution is -0.142. The van der Waals surface area contributed by atoms with Crippen LogP contribution in [-0.2, 0) is 9.59 Å². The number of halogens is 1. The summed E-state index contributed by atoms with van der Waals surface area (Å²) in [5.74, 6) is -0.929. The van der Waals surface area contributed by atoms with Gasteiger partial charge in [-0.3, -0.25) is 4.79 Å². The first-order valence-electron chi connectivity index (χ1n) is 7.89. The van der Waals surface area contributed by atoms with E-state index in [0.29, 0.717) is 16.3 Å². The molecule has 0 heterocycles. The molecule has 1 atom stereocenters. The van der Waals surface area contributed by atoms with Crippen molar-refractivity contribution in [2.75, 3.05) is 7.11 Å². The zero-order valence-electron chi connectivity index (χ0n) is 13.2. The maximum atomic E-state index is 12.4. The molecule has 0 saturated heterocycles. The summed E-state index contributed by atoms with van der Waals surface area (Å²) in [6, 6.07) is 3.63. The van der Waals surface area contributed by atoms with Crippen LogP contribution in [0.5, 0.6) is 5.75 Å². The van der Waals surface area contributed by atoms with Gasteiger partial charge in [0.1, 0.15) is 5.75 Å². The van der Waals surface area contributed by atoms with Gasteiger partial charge in [-0.25, -0.2) is 4.79 Å². The number of carbonyl (C=O) groups excluding carboxylic acids is 1. The number of carboxylic acids is 1. The second-order valence-electron chi connectivity index (χ2n) is 5.86. The summed E-state index contributed by atoms with van der Waals surface area (Å²) in [4.78, 5) is 24.0. The number of methoxy groups -OCH3 is 1. The van der Waals surface area contributed by atoms with Crippen molar-refractivity contribution in [3.63, 3.8) is 0 Å². The van der Waals surface area contributed by atoms with Crippen LogP contribution in [0.15, 0.2) is 18.2 Å². The molecular weight excluding hydrogens is 318 g/mol. The van der Waals surface area contributed by atoms with Crippen LogP contribution < -0.4 is 10.1 Å². The fourth-order valence-corrected chi connectivity index (χ4v) is 3.22. The number of aliphatic carboxylic acids is 1. The first-order chi connectivity index (χ1) is 11.0. The number of carboxylic acid groups (broad SMARTS) is 1. The number of nitrogens with one attached hydrogen (secondary N) is 1. The van der Waals surface area contributed by atoms with Crippen molar-refractivity contribution in [3.8, 4) is 5.75 Å². The summed E-state index contributed by atoms with van der Waals surface area (Å²) < 4.78 is 5.06. The molecule has 0 radical (unpaired) electrons. The van der Waals surface area contributed by atoms with Crippen LogP contribution >= 0.6 is 11.6 Å². The van der Waals surface area contributed by atoms with Gasteiger partial charge in [0.15, 0.2) is 6.04 Å². The molecule has 6 heteroatoms. The maximum absolute atomic E-state index is 12.4. The van der Waals surface area contributed by atoms with E-state index in [1.165, 1.54) is 13.2 Å². The molecule has 126 valence electrons. The van der Waals surface area contributed by atoms with E-state index in [1.807, 2.05) is 0 Å². The van der Waals surface area contributed by atoms with Crippen molar-refractivity contribution >= 4 is 23.5 Å². The highest BCUT2D eigenvalue weighted by molar-refractivity contribution is 6.32. The second kappa shape index (κ2) is 8.20. The minimum Gasteiger partial charge on any atom is -0.495 e. The third kappa shape index (κ3) is 4.61. The molecule has 1 aliphatic rings. The SMILES string of the molecule is COc1ccc(C(NC(=O)C2CCCCCC2)C(=O)O)cc1Cl. The Morgan fingerprint density at radius 1 is 1.26 bits per heavy atom. The lowest BCUT2D eigenvalue weighted by Gasteiger charge is -2.20. The number of benzene rings is 1. The number of amides is 1. The molecule has 2 rings (SSSR count). The molecule has 0 aromatic heterocycles. The van der Waals surface area contributed by atoms with E-state index in [-0.39, 0.29) is 11.8 Å². The summed E-state index contributed by atoms with van der Waals surface area (Å²) in [6.07, 6.45) is 5.96. The monoisotopic (exact) mass is 339 g/mol. The average Bonchev–Trinajstić information content (AvgIpc) is 2.81. The van der Waals surface area contributed by atoms with E-state index in [4.69, 9.17) is 16.3 Å². The molecule has 1 unspecified atom stereocenters. The van der Waals surface area contributed by atoms with Crippen LogP contribution in [0, 0.1) is 5.92 Å². The quantitative estimate of drug-likeness (QED) is 0.804. The van der Waals surface area contributed by atoms with E-state index >= 15 is 0 Å². The normalized spacial score (nSPS) is 17.1. The van der Waals surface area contributed by atoms with Gasteiger partial charge in [-0.05, 0) is 30.5 Å². The van der Waals surface area contributed by atoms with Gasteiger partial charge in [0.2, 0.25) is 5.91 Å². The zero-order chi connectivity index (χ0) is 16.8. The number of hydrogen-bond acceptors (Lipinski definition) is 3. The molecule has 5 nitrogen and oxygen atoms in total. The minimum absolute atomic E-state index is 0.104. The molecule has 1 aromatic rings. The van der Waals surface area contributed by atoms with Gasteiger partial charge >= 0.3 is 5.97 Å². The van der Waals surface area contributed by atoms with Crippen LogP contribution in [0.25, 0.3) is 0 Å². The van der Waals surface area contributed by atoms with Gasteiger partial charge in [0, 0.05) is 5.92 Å². The van der Waals surface area contributed by atoms with Gasteiger partial charge < -0.3 is 15.2 Å². The predicted octanol–water partition coefficient (Wildman–Crippen LogP) is 3.56. The van der Waals surface area contributed by atoms with E-state index in [0.717, 1.165) is 38.5 Å². The first-order valence-corrected chi connectivity index (χ1v) is 8.27. The Kier molecular flexibility index (Phi) is 6.28. The smallest absolute Gasteiger partial charge is 0.330 e. The lowest BCUT2D eigenvalue weighted by atomic mass is 9.98. The van der Waals surface area contributed by atoms with E-state index in [1.54, 1.807) is 12.1 Å². The van der Waals surface area contributed by atoms with Crippen molar-refractivity contribution in [1.29, 1.82) is 0 Å². The summed E-state index contributed by atoms with van der Waals surface area (Å²) in [5.41, 5.74) is 0.435. The van der Waals surface area contributed by atoms with Crippen molar-refractivity contribution in [2.24, 2.45) is 5.92 Å². The van der Waals surface area contributed by atoms with Crippen LogP contribution in [0.4, 0.5) is 0 Å². The Hall–Kier alpha value is -1.75. The molecular formula is C17H22ClNO4. The molecule has 1 amide bonds. The fraction of sp³-hybridized carbons (Fsp3) is 0.529. The van der Waals surface area contributed by atoms with Crippen LogP contribution in [0.1, 0.15) is 50.1 Å². The Labute approximate surface area is 141 Å². The molecule has 2 N–H and O–H groups in total. The van der Waals surface area contributed by atoms with E-state index < -0.39 is 12.0 Å². The highest BCUT2D eigenvalue weighted by Crippen LogP contribution is 2.29. The number of hydrogen-bond donors (Lipinski definition) is 2. The molecule has 1 saturated carbocycles. The lowest BCUT2D eigenvalue weighted by Crippen LogP contribution is -2.37. The van der Waals surface area contributed by atoms with Crippen LogP contribution in [0.2, 0.25) is 5.02 Å². The molecule has 1 aromatic carbocycles. The Bertz CT molecular complexity index is 568. The van der Waals surface area contributed by atoms with Gasteiger partial charge in [0.25, 0.3) is 0 Å². The molecule has 23 heavy (non-hydrogen) atoms. The summed E-state index contributed by atoms with van der Waals surface area (Å²) in [6.45, 7) is 0. The third-order valence-electron chi connectivity index (χ3n) is 4.27. The number of ether oxygens (including phenoxy) is 1. The summed E-state index contributed by atoms with van der Waals surface area (Å²) in [5, 5.41) is 12.4. The van der Waals surface area contributed by atoms with Crippen LogP contribution in [-0.4, -0.2) is 24.1 Å². The van der Waals surface area contributed by atoms with Gasteiger partial charge in [-0.2, -0.15) is 0 Å². The largest absolute Gasteiger partial charge is 0.495 e. The first kappa shape index (κ1) is 17.6. The van der Waals surface area contributed by atoms with Crippen molar-refractivity contribution in [3.05, 3.63) is 28.8 Å². The van der Waals surface area contributed by atoms with Crippen molar-refractivity contribution in [2.45, 2.75) is 44.6 Å². The van der Waals surface area contributed by atoms with Gasteiger partial charge in [0.05, 0.1) is 12.1 Å². The van der Waals surface area contributed by atoms with Crippen LogP contribution in [0.3, 0.4) is 0 Å². The van der Waals surface area contributed by atoms with E-state index in [2.05, 4.69) is 5.32 Å². The summed E-state index contributed by atoms with van der Waals surface area (Å²) in [7, 11) is 1.49. The molecule has 0 bridgehead atoms. The number of carbonyl (C=O) groups is 2. The van der Waals surface area contributed by atoms with Crippen molar-refractivity contribution < 1.29 is 19.4 Å². The molecule has 1 fully saturated rings. The molecule has 0 aliphatic heterocycles. The topological polar surface area (TPSA) is 75.6 Å². The van der Waals surface area contributed by atoms with Gasteiger partial charge in [-0.15, -0.1) is 0 Å².